The van der Waals surface area contributed by atoms with Gasteiger partial charge in [0.1, 0.15) is 26.3 Å². The Morgan fingerprint density at radius 2 is 1.10 bits per heavy atom. The van der Waals surface area contributed by atoms with E-state index in [1.54, 1.807) is 13.8 Å². The van der Waals surface area contributed by atoms with Crippen molar-refractivity contribution in [2.24, 2.45) is 0 Å². The van der Waals surface area contributed by atoms with E-state index in [0.717, 1.165) is 22.1 Å². The van der Waals surface area contributed by atoms with E-state index in [1.807, 2.05) is 0 Å². The lowest BCUT2D eigenvalue weighted by Crippen LogP contribution is -2.38. The zero-order valence-electron chi connectivity index (χ0n) is 20.6. The third-order valence-electron chi connectivity index (χ3n) is 2.97. The van der Waals surface area contributed by atoms with E-state index < -0.39 is 7.82 Å². The number of carbonyl (C=O) groups is 2. The van der Waals surface area contributed by atoms with Crippen LogP contribution in [0.3, 0.4) is 0 Å². The zero-order chi connectivity index (χ0) is 25.5. The molecule has 0 N–H and O–H groups in total. The number of hydrogen-bond donors (Lipinski definition) is 0. The molecule has 0 fully saturated rings. The van der Waals surface area contributed by atoms with Gasteiger partial charge in [0.2, 0.25) is 0 Å². The third kappa shape index (κ3) is 33.3. The van der Waals surface area contributed by atoms with Crippen LogP contribution in [0.5, 0.6) is 0 Å². The van der Waals surface area contributed by atoms with Gasteiger partial charge in [0.25, 0.3) is 0 Å². The molecule has 0 saturated carbocycles. The molecule has 0 spiro atoms. The maximum atomic E-state index is 10.9. The van der Waals surface area contributed by atoms with E-state index in [0.29, 0.717) is 24.4 Å². The monoisotopic (exact) mass is 468 g/mol. The van der Waals surface area contributed by atoms with Gasteiger partial charge in [-0.25, -0.2) is 9.59 Å². The number of phosphoric acid groups is 1. The Balaban J connectivity index is -0.000000394. The Kier molecular flexibility index (Phi) is 17.7. The number of rotatable bonds is 10. The average Bonchev–Trinajstić information content (AvgIpc) is 2.52. The first kappa shape index (κ1) is 34.1. The Morgan fingerprint density at radius 3 is 1.23 bits per heavy atom. The highest BCUT2D eigenvalue weighted by Gasteiger charge is 2.10. The maximum absolute atomic E-state index is 10.9. The van der Waals surface area contributed by atoms with E-state index >= 15 is 0 Å². The first-order valence-electron chi connectivity index (χ1n) is 9.64. The first-order chi connectivity index (χ1) is 13.7. The molecule has 0 saturated heterocycles. The summed E-state index contributed by atoms with van der Waals surface area (Å²) in [4.78, 5) is 40.8. The van der Waals surface area contributed by atoms with Crippen LogP contribution in [0.25, 0.3) is 0 Å². The molecule has 0 atom stereocenters. The first-order valence-corrected chi connectivity index (χ1v) is 11.1. The minimum atomic E-state index is -4.67. The normalized spacial score (nSPS) is 11.2. The number of quaternary nitrogens is 2. The van der Waals surface area contributed by atoms with Gasteiger partial charge in [-0.2, -0.15) is 0 Å². The van der Waals surface area contributed by atoms with Crippen molar-refractivity contribution in [3.05, 3.63) is 24.3 Å². The van der Waals surface area contributed by atoms with Crippen LogP contribution < -0.4 is 9.79 Å². The van der Waals surface area contributed by atoms with Crippen molar-refractivity contribution < 1.29 is 46.9 Å². The molecule has 11 heteroatoms. The fourth-order valence-corrected chi connectivity index (χ4v) is 1.55. The van der Waals surface area contributed by atoms with Gasteiger partial charge in [-0.05, 0) is 20.8 Å². The molecule has 0 aromatic heterocycles. The zero-order valence-corrected chi connectivity index (χ0v) is 21.5. The summed E-state index contributed by atoms with van der Waals surface area (Å²) in [7, 11) is 7.64. The molecule has 0 amide bonds. The van der Waals surface area contributed by atoms with Crippen LogP contribution in [-0.2, 0) is 28.2 Å². The van der Waals surface area contributed by atoms with E-state index in [9.17, 15) is 23.9 Å². The SMILES string of the molecule is C=C(C)C(=O)OCC[N+](C)(C)C.C=C(C)C(=O)OCC[N+](C)(C)C.CCOP(=O)([O-])[O-]. The summed E-state index contributed by atoms with van der Waals surface area (Å²) in [5.74, 6) is -0.605. The van der Waals surface area contributed by atoms with Gasteiger partial charge in [-0.3, -0.25) is 0 Å². The van der Waals surface area contributed by atoms with Crippen LogP contribution in [-0.4, -0.2) is 96.1 Å². The van der Waals surface area contributed by atoms with Crippen molar-refractivity contribution in [2.45, 2.75) is 20.8 Å². The van der Waals surface area contributed by atoms with Crippen molar-refractivity contribution in [3.8, 4) is 0 Å². The molecule has 0 bridgehead atoms. The van der Waals surface area contributed by atoms with E-state index in [4.69, 9.17) is 9.47 Å². The van der Waals surface area contributed by atoms with E-state index in [1.165, 1.54) is 6.92 Å². The quantitative estimate of drug-likeness (QED) is 0.196. The van der Waals surface area contributed by atoms with Crippen LogP contribution in [0.15, 0.2) is 24.3 Å². The van der Waals surface area contributed by atoms with Gasteiger partial charge in [-0.1, -0.05) is 13.2 Å². The number of carbonyl (C=O) groups excluding carboxylic acids is 2. The third-order valence-corrected chi connectivity index (χ3v) is 3.55. The highest BCUT2D eigenvalue weighted by molar-refractivity contribution is 7.43. The summed E-state index contributed by atoms with van der Waals surface area (Å²) in [6, 6.07) is 0. The van der Waals surface area contributed by atoms with Gasteiger partial charge in [0.15, 0.2) is 0 Å². The highest BCUT2D eigenvalue weighted by atomic mass is 31.2. The topological polar surface area (TPSA) is 125 Å². The molecule has 31 heavy (non-hydrogen) atoms. The lowest BCUT2D eigenvalue weighted by Gasteiger charge is -2.27. The van der Waals surface area contributed by atoms with Gasteiger partial charge in [0, 0.05) is 17.8 Å². The highest BCUT2D eigenvalue weighted by Crippen LogP contribution is 2.23. The van der Waals surface area contributed by atoms with Crippen molar-refractivity contribution in [1.29, 1.82) is 0 Å². The minimum Gasteiger partial charge on any atom is -0.790 e. The molecular formula is C20H41N2O8P. The van der Waals surface area contributed by atoms with Crippen molar-refractivity contribution in [1.82, 2.24) is 0 Å². The number of phosphoric ester groups is 1. The summed E-state index contributed by atoms with van der Waals surface area (Å²) in [6.45, 7) is 14.2. The number of ether oxygens (including phenoxy) is 2. The summed E-state index contributed by atoms with van der Waals surface area (Å²) < 4.78 is 24.6. The van der Waals surface area contributed by atoms with Crippen LogP contribution >= 0.6 is 7.82 Å². The fourth-order valence-electron chi connectivity index (χ4n) is 1.23. The van der Waals surface area contributed by atoms with E-state index in [2.05, 4.69) is 60.0 Å². The van der Waals surface area contributed by atoms with Gasteiger partial charge in [0.05, 0.1) is 50.1 Å². The molecule has 0 unspecified atom stereocenters. The predicted octanol–water partition coefficient (Wildman–Crippen LogP) is 0.475. The molecular weight excluding hydrogens is 427 g/mol. The second kappa shape index (κ2) is 16.1. The molecule has 0 aromatic carbocycles. The number of nitrogens with zero attached hydrogens (tertiary/aromatic N) is 2. The van der Waals surface area contributed by atoms with Gasteiger partial charge < -0.3 is 37.3 Å². The largest absolute Gasteiger partial charge is 0.790 e. The molecule has 0 aliphatic rings. The molecule has 0 aliphatic carbocycles. The van der Waals surface area contributed by atoms with Crippen molar-refractivity contribution >= 4 is 19.8 Å². The number of hydrogen-bond acceptors (Lipinski definition) is 8. The van der Waals surface area contributed by atoms with Crippen LogP contribution in [0, 0.1) is 0 Å². The molecule has 0 heterocycles. The summed E-state index contributed by atoms with van der Waals surface area (Å²) in [5, 5.41) is 0. The van der Waals surface area contributed by atoms with Crippen LogP contribution in [0.1, 0.15) is 20.8 Å². The standard InChI is InChI=1S/2C9H18NO2.C2H7O4P/c2*1-8(2)9(11)12-7-6-10(3,4)5;1-2-6-7(3,4)5/h2*1,6-7H2,2-5H3;2H2,1H3,(H2,3,4,5)/q2*+1;/p-2. The van der Waals surface area contributed by atoms with Crippen LogP contribution in [0.2, 0.25) is 0 Å². The van der Waals surface area contributed by atoms with Crippen molar-refractivity contribution in [2.75, 3.05) is 75.2 Å². The molecule has 184 valence electrons. The lowest BCUT2D eigenvalue weighted by molar-refractivity contribution is -0.870. The van der Waals surface area contributed by atoms with Crippen LogP contribution in [0.4, 0.5) is 0 Å². The summed E-state index contributed by atoms with van der Waals surface area (Å²) in [5.41, 5.74) is 0.910. The Bertz CT molecular complexity index is 574. The Hall–Kier alpha value is -1.55. The predicted molar refractivity (Wildman–Crippen MR) is 117 cm³/mol. The maximum Gasteiger partial charge on any atom is 0.333 e. The minimum absolute atomic E-state index is 0.0791. The Labute approximate surface area is 187 Å². The summed E-state index contributed by atoms with van der Waals surface area (Å²) >= 11 is 0. The van der Waals surface area contributed by atoms with Gasteiger partial charge in [-0.15, -0.1) is 0 Å². The fraction of sp³-hybridized carbons (Fsp3) is 0.700. The molecule has 0 radical (unpaired) electrons. The summed E-state index contributed by atoms with van der Waals surface area (Å²) in [6.07, 6.45) is 0. The molecule has 10 nitrogen and oxygen atoms in total. The molecule has 0 aliphatic heterocycles. The molecule has 0 rings (SSSR count). The van der Waals surface area contributed by atoms with Crippen molar-refractivity contribution in [3.63, 3.8) is 0 Å². The smallest absolute Gasteiger partial charge is 0.333 e. The number of esters is 2. The second-order valence-corrected chi connectivity index (χ2v) is 9.88. The number of likely N-dealkylation sites (N-methyl/N-ethyl adjacent to an activating group) is 2. The average molecular weight is 469 g/mol. The second-order valence-electron chi connectivity index (χ2n) is 8.73. The lowest BCUT2D eigenvalue weighted by atomic mass is 10.4. The van der Waals surface area contributed by atoms with E-state index in [-0.39, 0.29) is 18.5 Å². The molecule has 0 aromatic rings. The Morgan fingerprint density at radius 1 is 0.806 bits per heavy atom. The van der Waals surface area contributed by atoms with Gasteiger partial charge >= 0.3 is 11.9 Å².